The van der Waals surface area contributed by atoms with Crippen molar-refractivity contribution in [2.24, 2.45) is 5.73 Å². The number of hydrogen-bond donors (Lipinski definition) is 1. The normalized spacial score (nSPS) is 13.0. The van der Waals surface area contributed by atoms with Crippen LogP contribution in [0.15, 0.2) is 12.3 Å². The number of hydrogen-bond acceptors (Lipinski definition) is 2. The van der Waals surface area contributed by atoms with Gasteiger partial charge >= 0.3 is 0 Å². The monoisotopic (exact) mass is 276 g/mol. The third-order valence-electron chi connectivity index (χ3n) is 1.90. The molecule has 1 heterocycles. The highest BCUT2D eigenvalue weighted by Gasteiger charge is 2.04. The molecule has 0 fully saturated rings. The molecule has 0 aliphatic heterocycles. The summed E-state index contributed by atoms with van der Waals surface area (Å²) in [6.45, 7) is 4.14. The summed E-state index contributed by atoms with van der Waals surface area (Å²) in [6, 6.07) is 2.25. The van der Waals surface area contributed by atoms with E-state index in [4.69, 9.17) is 5.73 Å². The van der Waals surface area contributed by atoms with E-state index in [-0.39, 0.29) is 6.04 Å². The van der Waals surface area contributed by atoms with E-state index in [1.165, 1.54) is 5.56 Å². The van der Waals surface area contributed by atoms with Crippen molar-refractivity contribution in [2.75, 3.05) is 0 Å². The number of nitrogens with zero attached hydrogens (tertiary/aromatic N) is 1. The van der Waals surface area contributed by atoms with Crippen molar-refractivity contribution in [3.63, 3.8) is 0 Å². The Hall–Kier alpha value is -0.160. The maximum Gasteiger partial charge on any atom is 0.104 e. The highest BCUT2D eigenvalue weighted by atomic mass is 127. The third kappa shape index (κ3) is 2.17. The van der Waals surface area contributed by atoms with Crippen LogP contribution in [-0.4, -0.2) is 4.98 Å². The first-order valence-corrected chi connectivity index (χ1v) is 5.10. The van der Waals surface area contributed by atoms with E-state index in [0.717, 1.165) is 15.7 Å². The lowest BCUT2D eigenvalue weighted by Gasteiger charge is -2.09. The predicted molar refractivity (Wildman–Crippen MR) is 58.9 cm³/mol. The zero-order valence-corrected chi connectivity index (χ0v) is 9.50. The number of aryl methyl sites for hydroxylation is 1. The molecule has 0 aromatic carbocycles. The molecule has 0 saturated heterocycles. The second-order valence-electron chi connectivity index (χ2n) is 2.89. The molecule has 0 unspecified atom stereocenters. The highest BCUT2D eigenvalue weighted by molar-refractivity contribution is 14.1. The van der Waals surface area contributed by atoms with Crippen LogP contribution < -0.4 is 5.73 Å². The molecular formula is C9H13IN2. The van der Waals surface area contributed by atoms with Crippen LogP contribution in [0.5, 0.6) is 0 Å². The summed E-state index contributed by atoms with van der Waals surface area (Å²) in [5, 5.41) is 0. The van der Waals surface area contributed by atoms with Crippen LogP contribution in [0.1, 0.15) is 30.5 Å². The Morgan fingerprint density at radius 1 is 1.67 bits per heavy atom. The topological polar surface area (TPSA) is 38.9 Å². The average molecular weight is 276 g/mol. The van der Waals surface area contributed by atoms with Gasteiger partial charge in [0.25, 0.3) is 0 Å². The number of halogens is 1. The molecule has 2 N–H and O–H groups in total. The van der Waals surface area contributed by atoms with E-state index in [9.17, 15) is 0 Å². The second-order valence-corrected chi connectivity index (χ2v) is 3.91. The van der Waals surface area contributed by atoms with Gasteiger partial charge in [-0.25, -0.2) is 4.98 Å². The van der Waals surface area contributed by atoms with Crippen molar-refractivity contribution < 1.29 is 0 Å². The van der Waals surface area contributed by atoms with Crippen LogP contribution in [-0.2, 0) is 0 Å². The molecule has 0 spiro atoms. The summed E-state index contributed by atoms with van der Waals surface area (Å²) < 4.78 is 1.06. The molecule has 0 aliphatic rings. The van der Waals surface area contributed by atoms with Crippen molar-refractivity contribution in [3.8, 4) is 0 Å². The van der Waals surface area contributed by atoms with E-state index in [1.54, 1.807) is 0 Å². The summed E-state index contributed by atoms with van der Waals surface area (Å²) in [4.78, 5) is 4.25. The van der Waals surface area contributed by atoms with E-state index in [2.05, 4.69) is 47.5 Å². The predicted octanol–water partition coefficient (Wildman–Crippen LogP) is 2.40. The largest absolute Gasteiger partial charge is 0.324 e. The van der Waals surface area contributed by atoms with Crippen LogP contribution >= 0.6 is 22.6 Å². The molecule has 0 radical (unpaired) electrons. The Kier molecular flexibility index (Phi) is 3.46. The molecule has 2 nitrogen and oxygen atoms in total. The first-order chi connectivity index (χ1) is 5.65. The van der Waals surface area contributed by atoms with Crippen molar-refractivity contribution in [2.45, 2.75) is 26.3 Å². The quantitative estimate of drug-likeness (QED) is 0.665. The minimum absolute atomic E-state index is 0.133. The summed E-state index contributed by atoms with van der Waals surface area (Å²) >= 11 is 2.22. The maximum atomic E-state index is 5.87. The van der Waals surface area contributed by atoms with Crippen molar-refractivity contribution in [3.05, 3.63) is 27.1 Å². The summed E-state index contributed by atoms with van der Waals surface area (Å²) in [7, 11) is 0. The van der Waals surface area contributed by atoms with Gasteiger partial charge in [0.15, 0.2) is 0 Å². The molecule has 0 saturated carbocycles. The average Bonchev–Trinajstić information content (AvgIpc) is 2.08. The third-order valence-corrected chi connectivity index (χ3v) is 3.03. The molecule has 1 rings (SSSR count). The Labute approximate surface area is 86.7 Å². The fourth-order valence-corrected chi connectivity index (χ4v) is 1.31. The zero-order chi connectivity index (χ0) is 9.14. The molecular weight excluding hydrogens is 263 g/mol. The van der Waals surface area contributed by atoms with Gasteiger partial charge in [-0.15, -0.1) is 0 Å². The van der Waals surface area contributed by atoms with Crippen molar-refractivity contribution >= 4 is 22.6 Å². The molecule has 66 valence electrons. The number of nitrogens with two attached hydrogens (primary N) is 1. The fraction of sp³-hybridized carbons (Fsp3) is 0.444. The zero-order valence-electron chi connectivity index (χ0n) is 7.34. The minimum atomic E-state index is 0.133. The molecule has 1 aromatic rings. The van der Waals surface area contributed by atoms with Gasteiger partial charge in [-0.3, -0.25) is 0 Å². The van der Waals surface area contributed by atoms with Gasteiger partial charge < -0.3 is 5.73 Å². The van der Waals surface area contributed by atoms with E-state index in [0.29, 0.717) is 0 Å². The van der Waals surface area contributed by atoms with Gasteiger partial charge in [0.1, 0.15) is 3.70 Å². The lowest BCUT2D eigenvalue weighted by atomic mass is 10.1. The Balaban J connectivity index is 2.96. The van der Waals surface area contributed by atoms with E-state index >= 15 is 0 Å². The van der Waals surface area contributed by atoms with Gasteiger partial charge in [-0.1, -0.05) is 13.0 Å². The first kappa shape index (κ1) is 9.92. The Morgan fingerprint density at radius 2 is 2.33 bits per heavy atom. The Bertz CT molecular complexity index is 273. The second kappa shape index (κ2) is 4.18. The number of aromatic nitrogens is 1. The van der Waals surface area contributed by atoms with Gasteiger partial charge in [0, 0.05) is 12.2 Å². The number of rotatable bonds is 2. The Morgan fingerprint density at radius 3 is 2.83 bits per heavy atom. The number of pyridine rings is 1. The van der Waals surface area contributed by atoms with Crippen LogP contribution in [0.4, 0.5) is 0 Å². The standard InChI is InChI=1S/C9H13IN2/c1-3-8(11)7-4-6(2)9(10)12-5-7/h4-5,8H,3,11H2,1-2H3/t8-/m1/s1. The molecule has 3 heteroatoms. The summed E-state index contributed by atoms with van der Waals surface area (Å²) in [6.07, 6.45) is 2.82. The summed E-state index contributed by atoms with van der Waals surface area (Å²) in [5.74, 6) is 0. The smallest absolute Gasteiger partial charge is 0.104 e. The van der Waals surface area contributed by atoms with Gasteiger partial charge in [-0.2, -0.15) is 0 Å². The SMILES string of the molecule is CC[C@@H](N)c1cnc(I)c(C)c1. The van der Waals surface area contributed by atoms with Gasteiger partial charge in [0.2, 0.25) is 0 Å². The van der Waals surface area contributed by atoms with Crippen LogP contribution in [0.2, 0.25) is 0 Å². The molecule has 0 bridgehead atoms. The molecule has 12 heavy (non-hydrogen) atoms. The highest BCUT2D eigenvalue weighted by Crippen LogP contribution is 2.16. The van der Waals surface area contributed by atoms with Crippen LogP contribution in [0, 0.1) is 10.6 Å². The lowest BCUT2D eigenvalue weighted by molar-refractivity contribution is 0.693. The molecule has 1 atom stereocenters. The van der Waals surface area contributed by atoms with Crippen molar-refractivity contribution in [1.82, 2.24) is 4.98 Å². The lowest BCUT2D eigenvalue weighted by Crippen LogP contribution is -2.09. The summed E-state index contributed by atoms with van der Waals surface area (Å²) in [5.41, 5.74) is 8.21. The van der Waals surface area contributed by atoms with Crippen LogP contribution in [0.25, 0.3) is 0 Å². The molecule has 0 amide bonds. The maximum absolute atomic E-state index is 5.87. The fourth-order valence-electron chi connectivity index (χ4n) is 1.02. The minimum Gasteiger partial charge on any atom is -0.324 e. The van der Waals surface area contributed by atoms with Gasteiger partial charge in [-0.05, 0) is 47.1 Å². The van der Waals surface area contributed by atoms with Crippen molar-refractivity contribution in [1.29, 1.82) is 0 Å². The van der Waals surface area contributed by atoms with E-state index in [1.807, 2.05) is 6.20 Å². The molecule has 1 aromatic heterocycles. The molecule has 0 aliphatic carbocycles. The van der Waals surface area contributed by atoms with E-state index < -0.39 is 0 Å². The van der Waals surface area contributed by atoms with Crippen LogP contribution in [0.3, 0.4) is 0 Å². The first-order valence-electron chi connectivity index (χ1n) is 4.02. The van der Waals surface area contributed by atoms with Gasteiger partial charge in [0.05, 0.1) is 0 Å².